The summed E-state index contributed by atoms with van der Waals surface area (Å²) in [5.41, 5.74) is 2.19. The zero-order valence-corrected chi connectivity index (χ0v) is 10.1. The van der Waals surface area contributed by atoms with Crippen LogP contribution < -0.4 is 4.74 Å². The van der Waals surface area contributed by atoms with Gasteiger partial charge in [0, 0.05) is 5.02 Å². The fourth-order valence-corrected chi connectivity index (χ4v) is 1.64. The van der Waals surface area contributed by atoms with Crippen LogP contribution in [0.5, 0.6) is 11.5 Å². The van der Waals surface area contributed by atoms with E-state index in [1.165, 1.54) is 0 Å². The molecule has 0 unspecified atom stereocenters. The van der Waals surface area contributed by atoms with Crippen LogP contribution in [0.15, 0.2) is 42.5 Å². The summed E-state index contributed by atoms with van der Waals surface area (Å²) in [4.78, 5) is 0. The molecule has 0 radical (unpaired) electrons. The van der Waals surface area contributed by atoms with E-state index in [4.69, 9.17) is 16.3 Å². The van der Waals surface area contributed by atoms with Crippen molar-refractivity contribution < 1.29 is 4.74 Å². The summed E-state index contributed by atoms with van der Waals surface area (Å²) in [5.74, 6) is 1.68. The molecule has 0 saturated heterocycles. The highest BCUT2D eigenvalue weighted by Gasteiger charge is 2.04. The van der Waals surface area contributed by atoms with Gasteiger partial charge in [-0.1, -0.05) is 35.9 Å². The first-order chi connectivity index (χ1) is 7.66. The number of aryl methyl sites for hydroxylation is 2. The molecule has 2 rings (SSSR count). The largest absolute Gasteiger partial charge is 0.457 e. The maximum atomic E-state index is 5.94. The molecule has 0 atom stereocenters. The summed E-state index contributed by atoms with van der Waals surface area (Å²) in [6, 6.07) is 13.6. The van der Waals surface area contributed by atoms with Crippen molar-refractivity contribution in [2.24, 2.45) is 0 Å². The van der Waals surface area contributed by atoms with Crippen molar-refractivity contribution in [3.63, 3.8) is 0 Å². The second-order valence-electron chi connectivity index (χ2n) is 3.78. The summed E-state index contributed by atoms with van der Waals surface area (Å²) < 4.78 is 5.84. The Morgan fingerprint density at radius 3 is 2.31 bits per heavy atom. The highest BCUT2D eigenvalue weighted by molar-refractivity contribution is 6.30. The molecule has 0 aliphatic rings. The molecule has 0 amide bonds. The Morgan fingerprint density at radius 2 is 1.56 bits per heavy atom. The molecule has 1 nitrogen and oxygen atoms in total. The minimum atomic E-state index is 0.689. The minimum Gasteiger partial charge on any atom is -0.457 e. The lowest BCUT2D eigenvalue weighted by Gasteiger charge is -2.10. The molecule has 0 heterocycles. The Bertz CT molecular complexity index is 506. The first-order valence-electron chi connectivity index (χ1n) is 5.16. The molecule has 2 heteroatoms. The highest BCUT2D eigenvalue weighted by Crippen LogP contribution is 2.29. The molecule has 0 fully saturated rings. The molecule has 0 saturated carbocycles. The van der Waals surface area contributed by atoms with E-state index in [2.05, 4.69) is 0 Å². The molecule has 2 aromatic rings. The van der Waals surface area contributed by atoms with E-state index in [1.54, 1.807) is 0 Å². The van der Waals surface area contributed by atoms with Gasteiger partial charge in [-0.15, -0.1) is 0 Å². The molecule has 0 spiro atoms. The van der Waals surface area contributed by atoms with Crippen LogP contribution in [0.4, 0.5) is 0 Å². The van der Waals surface area contributed by atoms with Crippen LogP contribution in [0.25, 0.3) is 0 Å². The number of rotatable bonds is 2. The van der Waals surface area contributed by atoms with Gasteiger partial charge in [-0.2, -0.15) is 0 Å². The summed E-state index contributed by atoms with van der Waals surface area (Å²) in [6.07, 6.45) is 0. The minimum absolute atomic E-state index is 0.689. The fraction of sp³-hybridized carbons (Fsp3) is 0.143. The number of benzene rings is 2. The molecular weight excluding hydrogens is 220 g/mol. The SMILES string of the molecule is Cc1ccccc1Oc1cc(Cl)ccc1C. The lowest BCUT2D eigenvalue weighted by atomic mass is 10.2. The van der Waals surface area contributed by atoms with E-state index >= 15 is 0 Å². The summed E-state index contributed by atoms with van der Waals surface area (Å²) in [6.45, 7) is 4.03. The molecule has 2 aromatic carbocycles. The summed E-state index contributed by atoms with van der Waals surface area (Å²) in [7, 11) is 0. The zero-order valence-electron chi connectivity index (χ0n) is 9.33. The fourth-order valence-electron chi connectivity index (χ4n) is 1.47. The van der Waals surface area contributed by atoms with Crippen molar-refractivity contribution in [3.8, 4) is 11.5 Å². The average Bonchev–Trinajstić information content (AvgIpc) is 2.27. The van der Waals surface area contributed by atoms with E-state index in [9.17, 15) is 0 Å². The third-order valence-corrected chi connectivity index (χ3v) is 2.70. The van der Waals surface area contributed by atoms with E-state index in [1.807, 2.05) is 56.3 Å². The van der Waals surface area contributed by atoms with Gasteiger partial charge < -0.3 is 4.74 Å². The molecule has 0 bridgehead atoms. The molecule has 82 valence electrons. The van der Waals surface area contributed by atoms with Gasteiger partial charge in [-0.05, 0) is 43.2 Å². The predicted molar refractivity (Wildman–Crippen MR) is 67.4 cm³/mol. The Hall–Kier alpha value is -1.47. The first-order valence-corrected chi connectivity index (χ1v) is 5.54. The maximum Gasteiger partial charge on any atom is 0.131 e. The van der Waals surface area contributed by atoms with Gasteiger partial charge >= 0.3 is 0 Å². The molecular formula is C14H13ClO. The van der Waals surface area contributed by atoms with E-state index in [0.29, 0.717) is 5.02 Å². The van der Waals surface area contributed by atoms with E-state index < -0.39 is 0 Å². The molecule has 0 aliphatic carbocycles. The second-order valence-corrected chi connectivity index (χ2v) is 4.21. The van der Waals surface area contributed by atoms with Gasteiger partial charge in [0.25, 0.3) is 0 Å². The molecule has 0 aromatic heterocycles. The highest BCUT2D eigenvalue weighted by atomic mass is 35.5. The van der Waals surface area contributed by atoms with E-state index in [-0.39, 0.29) is 0 Å². The molecule has 0 N–H and O–H groups in total. The average molecular weight is 233 g/mol. The van der Waals surface area contributed by atoms with Gasteiger partial charge in [-0.25, -0.2) is 0 Å². The number of para-hydroxylation sites is 1. The smallest absolute Gasteiger partial charge is 0.131 e. The number of ether oxygens (including phenoxy) is 1. The van der Waals surface area contributed by atoms with Crippen LogP contribution in [-0.4, -0.2) is 0 Å². The topological polar surface area (TPSA) is 9.23 Å². The van der Waals surface area contributed by atoms with Crippen molar-refractivity contribution in [3.05, 3.63) is 58.6 Å². The third kappa shape index (κ3) is 2.37. The van der Waals surface area contributed by atoms with Gasteiger partial charge in [0.2, 0.25) is 0 Å². The van der Waals surface area contributed by atoms with Gasteiger partial charge in [-0.3, -0.25) is 0 Å². The van der Waals surface area contributed by atoms with Gasteiger partial charge in [0.1, 0.15) is 11.5 Å². The van der Waals surface area contributed by atoms with Crippen LogP contribution >= 0.6 is 11.6 Å². The molecule has 0 aliphatic heterocycles. The van der Waals surface area contributed by atoms with Gasteiger partial charge in [0.15, 0.2) is 0 Å². The van der Waals surface area contributed by atoms with Crippen molar-refractivity contribution in [1.29, 1.82) is 0 Å². The second kappa shape index (κ2) is 4.58. The lowest BCUT2D eigenvalue weighted by Crippen LogP contribution is -1.89. The maximum absolute atomic E-state index is 5.94. The Labute approximate surface area is 101 Å². The van der Waals surface area contributed by atoms with Gasteiger partial charge in [0.05, 0.1) is 0 Å². The number of hydrogen-bond acceptors (Lipinski definition) is 1. The summed E-state index contributed by atoms with van der Waals surface area (Å²) in [5, 5.41) is 0.689. The Morgan fingerprint density at radius 1 is 0.875 bits per heavy atom. The zero-order chi connectivity index (χ0) is 11.5. The van der Waals surface area contributed by atoms with Crippen LogP contribution in [0.3, 0.4) is 0 Å². The predicted octanol–water partition coefficient (Wildman–Crippen LogP) is 4.75. The van der Waals surface area contributed by atoms with Crippen molar-refractivity contribution in [2.45, 2.75) is 13.8 Å². The van der Waals surface area contributed by atoms with Crippen molar-refractivity contribution >= 4 is 11.6 Å². The number of hydrogen-bond donors (Lipinski definition) is 0. The molecule has 16 heavy (non-hydrogen) atoms. The number of halogens is 1. The quantitative estimate of drug-likeness (QED) is 0.726. The third-order valence-electron chi connectivity index (χ3n) is 2.46. The van der Waals surface area contributed by atoms with Crippen LogP contribution in [-0.2, 0) is 0 Å². The lowest BCUT2D eigenvalue weighted by molar-refractivity contribution is 0.475. The standard InChI is InChI=1S/C14H13ClO/c1-10-5-3-4-6-13(10)16-14-9-12(15)8-7-11(14)2/h3-9H,1-2H3. The van der Waals surface area contributed by atoms with Crippen LogP contribution in [0.1, 0.15) is 11.1 Å². The monoisotopic (exact) mass is 232 g/mol. The van der Waals surface area contributed by atoms with E-state index in [0.717, 1.165) is 22.6 Å². The Balaban J connectivity index is 2.34. The first kappa shape index (κ1) is 11.0. The van der Waals surface area contributed by atoms with Crippen molar-refractivity contribution in [2.75, 3.05) is 0 Å². The van der Waals surface area contributed by atoms with Crippen LogP contribution in [0, 0.1) is 13.8 Å². The Kier molecular flexibility index (Phi) is 3.16. The normalized spacial score (nSPS) is 10.2. The van der Waals surface area contributed by atoms with Crippen molar-refractivity contribution in [1.82, 2.24) is 0 Å². The van der Waals surface area contributed by atoms with Crippen LogP contribution in [0.2, 0.25) is 5.02 Å². The summed E-state index contributed by atoms with van der Waals surface area (Å²) >= 11 is 5.94.